The molecule has 4 N–H and O–H groups in total. The van der Waals surface area contributed by atoms with Gasteiger partial charge in [-0.25, -0.2) is 5.48 Å². The highest BCUT2D eigenvalue weighted by Gasteiger charge is 2.39. The minimum Gasteiger partial charge on any atom is -0.367 e. The van der Waals surface area contributed by atoms with Gasteiger partial charge in [0.05, 0.1) is 5.92 Å². The van der Waals surface area contributed by atoms with E-state index in [1.165, 1.54) is 0 Å². The Balaban J connectivity index is 2.43. The standard InChI is InChI=1S/C27H39N3O5/c1-7-14-35-22(25(32)30-34)21(16-18-12-13-19-10-8-9-11-20(19)15-18)24(31)29-23(27(4,5)6)26(33)28-17(2)3/h8-13,15,17,21-23,34H,7,14,16H2,1-6H3,(H,28,33)(H,29,31)(H,30,32)/t21?,22-,23+/m0/s1. The minimum atomic E-state index is -1.24. The number of carbonyl (C=O) groups excluding carboxylic acids is 3. The van der Waals surface area contributed by atoms with Crippen molar-refractivity contribution in [1.29, 1.82) is 0 Å². The van der Waals surface area contributed by atoms with E-state index in [9.17, 15) is 19.6 Å². The van der Waals surface area contributed by atoms with Crippen LogP contribution in [-0.2, 0) is 25.5 Å². The fraction of sp³-hybridized carbons (Fsp3) is 0.519. The molecule has 2 aromatic rings. The van der Waals surface area contributed by atoms with Gasteiger partial charge < -0.3 is 15.4 Å². The Morgan fingerprint density at radius 3 is 2.17 bits per heavy atom. The van der Waals surface area contributed by atoms with Gasteiger partial charge in [0.1, 0.15) is 12.1 Å². The second kappa shape index (κ2) is 12.7. The van der Waals surface area contributed by atoms with Gasteiger partial charge in [0, 0.05) is 12.6 Å². The minimum absolute atomic E-state index is 0.0987. The van der Waals surface area contributed by atoms with Crippen molar-refractivity contribution in [3.63, 3.8) is 0 Å². The number of hydrogen-bond donors (Lipinski definition) is 4. The summed E-state index contributed by atoms with van der Waals surface area (Å²) >= 11 is 0. The molecule has 35 heavy (non-hydrogen) atoms. The molecule has 8 nitrogen and oxygen atoms in total. The summed E-state index contributed by atoms with van der Waals surface area (Å²) in [5.41, 5.74) is 1.88. The highest BCUT2D eigenvalue weighted by Crippen LogP contribution is 2.24. The lowest BCUT2D eigenvalue weighted by atomic mass is 9.84. The van der Waals surface area contributed by atoms with E-state index in [4.69, 9.17) is 4.74 Å². The Kier molecular flexibility index (Phi) is 10.2. The summed E-state index contributed by atoms with van der Waals surface area (Å²) in [6.45, 7) is 11.4. The van der Waals surface area contributed by atoms with Gasteiger partial charge in [0.2, 0.25) is 11.8 Å². The Morgan fingerprint density at radius 1 is 0.943 bits per heavy atom. The van der Waals surface area contributed by atoms with Crippen LogP contribution in [0.2, 0.25) is 0 Å². The smallest absolute Gasteiger partial charge is 0.273 e. The SMILES string of the molecule is CCCO[C@H](C(=O)NO)C(Cc1ccc2ccccc2c1)C(=O)N[C@H](C(=O)NC(C)C)C(C)(C)C. The first-order chi connectivity index (χ1) is 16.5. The van der Waals surface area contributed by atoms with E-state index in [-0.39, 0.29) is 25.0 Å². The van der Waals surface area contributed by atoms with E-state index >= 15 is 0 Å². The monoisotopic (exact) mass is 485 g/mol. The van der Waals surface area contributed by atoms with Crippen molar-refractivity contribution < 1.29 is 24.3 Å². The van der Waals surface area contributed by atoms with E-state index < -0.39 is 35.3 Å². The summed E-state index contributed by atoms with van der Waals surface area (Å²) in [5.74, 6) is -2.59. The van der Waals surface area contributed by atoms with Crippen LogP contribution in [0.25, 0.3) is 10.8 Å². The fourth-order valence-corrected chi connectivity index (χ4v) is 3.93. The van der Waals surface area contributed by atoms with Crippen LogP contribution in [0.3, 0.4) is 0 Å². The molecule has 0 aliphatic carbocycles. The first-order valence-corrected chi connectivity index (χ1v) is 12.1. The van der Waals surface area contributed by atoms with Crippen molar-refractivity contribution in [2.45, 2.75) is 72.6 Å². The summed E-state index contributed by atoms with van der Waals surface area (Å²) in [7, 11) is 0. The van der Waals surface area contributed by atoms with Crippen LogP contribution in [-0.4, -0.2) is 47.7 Å². The zero-order valence-electron chi connectivity index (χ0n) is 21.6. The maximum atomic E-state index is 13.7. The van der Waals surface area contributed by atoms with Crippen molar-refractivity contribution in [1.82, 2.24) is 16.1 Å². The average molecular weight is 486 g/mol. The summed E-state index contributed by atoms with van der Waals surface area (Å²) in [5, 5.41) is 17.1. The quantitative estimate of drug-likeness (QED) is 0.288. The van der Waals surface area contributed by atoms with Crippen molar-refractivity contribution in [3.8, 4) is 0 Å². The van der Waals surface area contributed by atoms with Gasteiger partial charge in [-0.1, -0.05) is 70.2 Å². The van der Waals surface area contributed by atoms with E-state index in [0.717, 1.165) is 16.3 Å². The molecule has 0 spiro atoms. The summed E-state index contributed by atoms with van der Waals surface area (Å²) in [4.78, 5) is 39.2. The van der Waals surface area contributed by atoms with Crippen molar-refractivity contribution in [2.75, 3.05) is 6.61 Å². The molecule has 2 rings (SSSR count). The van der Waals surface area contributed by atoms with Gasteiger partial charge in [-0.05, 0) is 48.4 Å². The van der Waals surface area contributed by atoms with E-state index in [1.54, 1.807) is 5.48 Å². The maximum absolute atomic E-state index is 13.7. The summed E-state index contributed by atoms with van der Waals surface area (Å²) in [6.07, 6.45) is -0.428. The zero-order valence-corrected chi connectivity index (χ0v) is 21.6. The van der Waals surface area contributed by atoms with Crippen molar-refractivity contribution in [3.05, 3.63) is 48.0 Å². The highest BCUT2D eigenvalue weighted by atomic mass is 16.5. The number of rotatable bonds is 11. The normalized spacial score (nSPS) is 14.3. The van der Waals surface area contributed by atoms with Gasteiger partial charge >= 0.3 is 0 Å². The molecule has 0 heterocycles. The molecule has 0 saturated carbocycles. The van der Waals surface area contributed by atoms with Crippen LogP contribution in [0.1, 0.15) is 53.5 Å². The molecule has 0 aromatic heterocycles. The number of ether oxygens (including phenoxy) is 1. The van der Waals surface area contributed by atoms with E-state index in [1.807, 2.05) is 84.0 Å². The van der Waals surface area contributed by atoms with Crippen LogP contribution in [0.4, 0.5) is 0 Å². The molecule has 3 atom stereocenters. The molecule has 2 aromatic carbocycles. The molecule has 3 amide bonds. The van der Waals surface area contributed by atoms with Crippen molar-refractivity contribution in [2.24, 2.45) is 11.3 Å². The Labute approximate surface area is 207 Å². The predicted octanol–water partition coefficient (Wildman–Crippen LogP) is 3.35. The molecular weight excluding hydrogens is 446 g/mol. The Hall–Kier alpha value is -2.97. The predicted molar refractivity (Wildman–Crippen MR) is 136 cm³/mol. The van der Waals surface area contributed by atoms with Gasteiger partial charge in [0.15, 0.2) is 0 Å². The maximum Gasteiger partial charge on any atom is 0.273 e. The molecule has 0 bridgehead atoms. The number of benzene rings is 2. The number of nitrogens with one attached hydrogen (secondary N) is 3. The summed E-state index contributed by atoms with van der Waals surface area (Å²) in [6, 6.07) is 12.8. The van der Waals surface area contributed by atoms with Gasteiger partial charge in [-0.3, -0.25) is 19.6 Å². The number of amides is 3. The van der Waals surface area contributed by atoms with Crippen LogP contribution in [0, 0.1) is 11.3 Å². The molecule has 0 saturated heterocycles. The molecule has 0 aliphatic rings. The second-order valence-corrected chi connectivity index (χ2v) is 10.2. The Bertz CT molecular complexity index is 1020. The van der Waals surface area contributed by atoms with Crippen molar-refractivity contribution >= 4 is 28.5 Å². The molecular formula is C27H39N3O5. The molecule has 0 aliphatic heterocycles. The molecule has 192 valence electrons. The van der Waals surface area contributed by atoms with Crippen LogP contribution in [0.5, 0.6) is 0 Å². The molecule has 8 heteroatoms. The van der Waals surface area contributed by atoms with E-state index in [2.05, 4.69) is 10.6 Å². The number of carbonyl (C=O) groups is 3. The second-order valence-electron chi connectivity index (χ2n) is 10.2. The molecule has 1 unspecified atom stereocenters. The van der Waals surface area contributed by atoms with Crippen LogP contribution >= 0.6 is 0 Å². The third-order valence-corrected chi connectivity index (χ3v) is 5.69. The highest BCUT2D eigenvalue weighted by molar-refractivity contribution is 5.93. The third-order valence-electron chi connectivity index (χ3n) is 5.69. The van der Waals surface area contributed by atoms with Crippen LogP contribution < -0.4 is 16.1 Å². The first kappa shape index (κ1) is 28.3. The lowest BCUT2D eigenvalue weighted by molar-refractivity contribution is -0.151. The lowest BCUT2D eigenvalue weighted by Gasteiger charge is -2.33. The molecule has 0 radical (unpaired) electrons. The van der Waals surface area contributed by atoms with Crippen LogP contribution in [0.15, 0.2) is 42.5 Å². The lowest BCUT2D eigenvalue weighted by Crippen LogP contribution is -2.58. The average Bonchev–Trinajstić information content (AvgIpc) is 2.80. The largest absolute Gasteiger partial charge is 0.367 e. The van der Waals surface area contributed by atoms with E-state index in [0.29, 0.717) is 6.42 Å². The first-order valence-electron chi connectivity index (χ1n) is 12.1. The third kappa shape index (κ3) is 8.04. The number of hydrogen-bond acceptors (Lipinski definition) is 5. The summed E-state index contributed by atoms with van der Waals surface area (Å²) < 4.78 is 5.75. The number of fused-ring (bicyclic) bond motifs is 1. The topological polar surface area (TPSA) is 117 Å². The molecule has 0 fully saturated rings. The van der Waals surface area contributed by atoms with Gasteiger partial charge in [0.25, 0.3) is 5.91 Å². The van der Waals surface area contributed by atoms with Gasteiger partial charge in [-0.15, -0.1) is 0 Å². The number of hydroxylamine groups is 1. The zero-order chi connectivity index (χ0) is 26.2. The Morgan fingerprint density at radius 2 is 1.60 bits per heavy atom. The fourth-order valence-electron chi connectivity index (χ4n) is 3.93. The van der Waals surface area contributed by atoms with Gasteiger partial charge in [-0.2, -0.15) is 0 Å².